The Morgan fingerprint density at radius 1 is 1.18 bits per heavy atom. The predicted molar refractivity (Wildman–Crippen MR) is 68.5 cm³/mol. The molecule has 0 aromatic rings. The number of piperazine rings is 1. The van der Waals surface area contributed by atoms with Crippen molar-refractivity contribution in [2.24, 2.45) is 5.41 Å². The summed E-state index contributed by atoms with van der Waals surface area (Å²) >= 11 is 0. The fraction of sp³-hybridized carbons (Fsp3) is 0.923. The highest BCUT2D eigenvalue weighted by atomic mass is 16.7. The van der Waals surface area contributed by atoms with Crippen LogP contribution in [0, 0.1) is 5.41 Å². The number of nitrogens with zero attached hydrogens (tertiary/aromatic N) is 2. The Labute approximate surface area is 105 Å². The second kappa shape index (κ2) is 6.36. The lowest BCUT2D eigenvalue weighted by molar-refractivity contribution is -0.206. The SMILES string of the molecule is CCCCN1CCN(OC(=O)C(C)(C)C)CC1. The van der Waals surface area contributed by atoms with Crippen molar-refractivity contribution in [2.45, 2.75) is 40.5 Å². The molecular formula is C13H26N2O2. The first-order valence-electron chi connectivity index (χ1n) is 6.63. The summed E-state index contributed by atoms with van der Waals surface area (Å²) < 4.78 is 0. The van der Waals surface area contributed by atoms with Crippen molar-refractivity contribution in [3.8, 4) is 0 Å². The summed E-state index contributed by atoms with van der Waals surface area (Å²) in [5.41, 5.74) is -0.417. The molecule has 17 heavy (non-hydrogen) atoms. The molecule has 0 atom stereocenters. The lowest BCUT2D eigenvalue weighted by atomic mass is 9.98. The van der Waals surface area contributed by atoms with E-state index in [0.29, 0.717) is 0 Å². The van der Waals surface area contributed by atoms with Crippen LogP contribution in [0.3, 0.4) is 0 Å². The van der Waals surface area contributed by atoms with Gasteiger partial charge in [-0.05, 0) is 33.7 Å². The number of rotatable bonds is 4. The summed E-state index contributed by atoms with van der Waals surface area (Å²) in [7, 11) is 0. The molecule has 0 aliphatic carbocycles. The average molecular weight is 242 g/mol. The Hall–Kier alpha value is -0.610. The van der Waals surface area contributed by atoms with Crippen LogP contribution in [0.1, 0.15) is 40.5 Å². The fourth-order valence-electron chi connectivity index (χ4n) is 1.68. The first-order valence-corrected chi connectivity index (χ1v) is 6.63. The van der Waals surface area contributed by atoms with Crippen molar-refractivity contribution in [2.75, 3.05) is 32.7 Å². The Balaban J connectivity index is 2.25. The van der Waals surface area contributed by atoms with Gasteiger partial charge in [-0.2, -0.15) is 0 Å². The van der Waals surface area contributed by atoms with E-state index in [-0.39, 0.29) is 5.97 Å². The monoisotopic (exact) mass is 242 g/mol. The summed E-state index contributed by atoms with van der Waals surface area (Å²) in [5.74, 6) is -0.139. The molecule has 1 saturated heterocycles. The molecule has 0 spiro atoms. The summed E-state index contributed by atoms with van der Waals surface area (Å²) in [5, 5.41) is 1.80. The predicted octanol–water partition coefficient (Wildman–Crippen LogP) is 1.91. The van der Waals surface area contributed by atoms with Crippen LogP contribution < -0.4 is 0 Å². The second-order valence-electron chi connectivity index (χ2n) is 5.75. The van der Waals surface area contributed by atoms with E-state index in [1.165, 1.54) is 12.8 Å². The lowest BCUT2D eigenvalue weighted by Crippen LogP contribution is -2.48. The molecule has 1 heterocycles. The van der Waals surface area contributed by atoms with Crippen molar-refractivity contribution in [1.82, 2.24) is 9.96 Å². The van der Waals surface area contributed by atoms with Crippen LogP contribution in [0.5, 0.6) is 0 Å². The van der Waals surface area contributed by atoms with Gasteiger partial charge in [0.05, 0.1) is 5.41 Å². The van der Waals surface area contributed by atoms with Crippen LogP contribution in [0.25, 0.3) is 0 Å². The molecule has 0 N–H and O–H groups in total. The highest BCUT2D eigenvalue weighted by molar-refractivity contribution is 5.75. The van der Waals surface area contributed by atoms with Gasteiger partial charge >= 0.3 is 5.97 Å². The highest BCUT2D eigenvalue weighted by Gasteiger charge is 2.27. The molecule has 4 heteroatoms. The normalized spacial score (nSPS) is 19.3. The van der Waals surface area contributed by atoms with E-state index < -0.39 is 5.41 Å². The quantitative estimate of drug-likeness (QED) is 0.754. The number of carbonyl (C=O) groups excluding carboxylic acids is 1. The smallest absolute Gasteiger partial charge is 0.330 e. The third kappa shape index (κ3) is 5.04. The van der Waals surface area contributed by atoms with Crippen LogP contribution in [0.2, 0.25) is 0 Å². The molecule has 0 radical (unpaired) electrons. The third-order valence-electron chi connectivity index (χ3n) is 2.98. The van der Waals surface area contributed by atoms with Gasteiger partial charge in [0.15, 0.2) is 0 Å². The maximum atomic E-state index is 11.7. The molecule has 100 valence electrons. The molecule has 0 bridgehead atoms. The van der Waals surface area contributed by atoms with E-state index in [4.69, 9.17) is 4.84 Å². The molecule has 1 rings (SSSR count). The number of hydrogen-bond donors (Lipinski definition) is 0. The standard InChI is InChI=1S/C13H26N2O2/c1-5-6-7-14-8-10-15(11-9-14)17-12(16)13(2,3)4/h5-11H2,1-4H3. The maximum Gasteiger partial charge on any atom is 0.330 e. The van der Waals surface area contributed by atoms with E-state index in [1.54, 1.807) is 5.06 Å². The number of unbranched alkanes of at least 4 members (excludes halogenated alkanes) is 1. The lowest BCUT2D eigenvalue weighted by Gasteiger charge is -2.34. The van der Waals surface area contributed by atoms with Gasteiger partial charge < -0.3 is 9.74 Å². The van der Waals surface area contributed by atoms with Gasteiger partial charge in [-0.3, -0.25) is 0 Å². The van der Waals surface area contributed by atoms with Crippen molar-refractivity contribution < 1.29 is 9.63 Å². The van der Waals surface area contributed by atoms with Crippen LogP contribution in [-0.4, -0.2) is 48.7 Å². The molecule has 1 aliphatic heterocycles. The Morgan fingerprint density at radius 2 is 1.76 bits per heavy atom. The minimum absolute atomic E-state index is 0.139. The zero-order valence-corrected chi connectivity index (χ0v) is 11.7. The minimum atomic E-state index is -0.417. The molecular weight excluding hydrogens is 216 g/mol. The highest BCUT2D eigenvalue weighted by Crippen LogP contribution is 2.16. The van der Waals surface area contributed by atoms with Gasteiger partial charge in [0, 0.05) is 26.2 Å². The molecule has 0 aromatic carbocycles. The van der Waals surface area contributed by atoms with Crippen LogP contribution in [0.4, 0.5) is 0 Å². The van der Waals surface area contributed by atoms with Crippen LogP contribution in [-0.2, 0) is 9.63 Å². The first-order chi connectivity index (χ1) is 7.93. The number of hydrogen-bond acceptors (Lipinski definition) is 4. The van der Waals surface area contributed by atoms with Crippen LogP contribution >= 0.6 is 0 Å². The molecule has 0 saturated carbocycles. The van der Waals surface area contributed by atoms with Crippen molar-refractivity contribution in [3.63, 3.8) is 0 Å². The number of carbonyl (C=O) groups is 1. The first kappa shape index (κ1) is 14.5. The van der Waals surface area contributed by atoms with Crippen molar-refractivity contribution in [3.05, 3.63) is 0 Å². The van der Waals surface area contributed by atoms with Gasteiger partial charge in [0.1, 0.15) is 0 Å². The van der Waals surface area contributed by atoms with Gasteiger partial charge in [-0.15, -0.1) is 5.06 Å². The molecule has 1 aliphatic rings. The van der Waals surface area contributed by atoms with Gasteiger partial charge in [0.2, 0.25) is 0 Å². The molecule has 0 amide bonds. The van der Waals surface area contributed by atoms with Crippen LogP contribution in [0.15, 0.2) is 0 Å². The van der Waals surface area contributed by atoms with E-state index in [1.807, 2.05) is 20.8 Å². The maximum absolute atomic E-state index is 11.7. The Morgan fingerprint density at radius 3 is 2.24 bits per heavy atom. The second-order valence-corrected chi connectivity index (χ2v) is 5.75. The minimum Gasteiger partial charge on any atom is -0.367 e. The molecule has 0 unspecified atom stereocenters. The zero-order valence-electron chi connectivity index (χ0n) is 11.7. The molecule has 0 aromatic heterocycles. The molecule has 1 fully saturated rings. The largest absolute Gasteiger partial charge is 0.367 e. The van der Waals surface area contributed by atoms with Crippen molar-refractivity contribution in [1.29, 1.82) is 0 Å². The summed E-state index contributed by atoms with van der Waals surface area (Å²) in [6, 6.07) is 0. The van der Waals surface area contributed by atoms with Gasteiger partial charge in [0.25, 0.3) is 0 Å². The van der Waals surface area contributed by atoms with Gasteiger partial charge in [-0.25, -0.2) is 4.79 Å². The van der Waals surface area contributed by atoms with E-state index in [2.05, 4.69) is 11.8 Å². The average Bonchev–Trinajstić information content (AvgIpc) is 2.27. The third-order valence-corrected chi connectivity index (χ3v) is 2.98. The van der Waals surface area contributed by atoms with E-state index in [9.17, 15) is 4.79 Å². The number of hydroxylamine groups is 2. The fourth-order valence-corrected chi connectivity index (χ4v) is 1.68. The Kier molecular flexibility index (Phi) is 5.40. The summed E-state index contributed by atoms with van der Waals surface area (Å²) in [6.45, 7) is 12.7. The Bertz CT molecular complexity index is 240. The molecule has 4 nitrogen and oxygen atoms in total. The van der Waals surface area contributed by atoms with Gasteiger partial charge in [-0.1, -0.05) is 13.3 Å². The summed E-state index contributed by atoms with van der Waals surface area (Å²) in [6.07, 6.45) is 2.49. The summed E-state index contributed by atoms with van der Waals surface area (Å²) in [4.78, 5) is 19.5. The topological polar surface area (TPSA) is 32.8 Å². The van der Waals surface area contributed by atoms with E-state index in [0.717, 1.165) is 32.7 Å². The van der Waals surface area contributed by atoms with E-state index >= 15 is 0 Å². The zero-order chi connectivity index (χ0) is 12.9. The van der Waals surface area contributed by atoms with Crippen molar-refractivity contribution >= 4 is 5.97 Å².